The van der Waals surface area contributed by atoms with Crippen LogP contribution in [0, 0.1) is 6.92 Å². The summed E-state index contributed by atoms with van der Waals surface area (Å²) in [4.78, 5) is 38.8. The van der Waals surface area contributed by atoms with E-state index in [0.717, 1.165) is 22.0 Å². The van der Waals surface area contributed by atoms with Gasteiger partial charge in [0.1, 0.15) is 12.2 Å². The van der Waals surface area contributed by atoms with E-state index < -0.39 is 5.97 Å². The van der Waals surface area contributed by atoms with E-state index in [9.17, 15) is 14.4 Å². The standard InChI is InChI=1S/C25H25NO6/c1-5-31-25(29)20(16(3)27)11-17-9-10-21(22(12-17)30-4)32-14-18-13-23(28)26-24-15(2)7-6-8-19(18)24/h6-13H,5,14H2,1-4H3,(H,26,28). The van der Waals surface area contributed by atoms with Crippen molar-refractivity contribution in [2.45, 2.75) is 27.4 Å². The highest BCUT2D eigenvalue weighted by Gasteiger charge is 2.16. The van der Waals surface area contributed by atoms with Crippen LogP contribution in [0.3, 0.4) is 0 Å². The van der Waals surface area contributed by atoms with Gasteiger partial charge in [-0.25, -0.2) is 4.79 Å². The molecule has 0 bridgehead atoms. The Morgan fingerprint density at radius 3 is 2.56 bits per heavy atom. The number of pyridine rings is 1. The second-order valence-corrected chi connectivity index (χ2v) is 7.19. The molecule has 7 heteroatoms. The van der Waals surface area contributed by atoms with Crippen LogP contribution in [-0.2, 0) is 20.9 Å². The average molecular weight is 435 g/mol. The number of fused-ring (bicyclic) bond motifs is 1. The zero-order chi connectivity index (χ0) is 23.3. The van der Waals surface area contributed by atoms with E-state index in [-0.39, 0.29) is 30.1 Å². The lowest BCUT2D eigenvalue weighted by Gasteiger charge is -2.13. The number of carbonyl (C=O) groups is 2. The highest BCUT2D eigenvalue weighted by atomic mass is 16.5. The largest absolute Gasteiger partial charge is 0.493 e. The van der Waals surface area contributed by atoms with Crippen LogP contribution in [0.15, 0.2) is 52.8 Å². The number of benzene rings is 2. The van der Waals surface area contributed by atoms with Crippen molar-refractivity contribution in [3.8, 4) is 11.5 Å². The summed E-state index contributed by atoms with van der Waals surface area (Å²) < 4.78 is 16.3. The third-order valence-corrected chi connectivity index (χ3v) is 4.93. The number of nitrogens with one attached hydrogen (secondary N) is 1. The van der Waals surface area contributed by atoms with Crippen LogP contribution in [-0.4, -0.2) is 30.5 Å². The van der Waals surface area contributed by atoms with Crippen LogP contribution >= 0.6 is 0 Å². The molecule has 0 spiro atoms. The van der Waals surface area contributed by atoms with E-state index in [2.05, 4.69) is 4.98 Å². The molecule has 0 aliphatic carbocycles. The minimum absolute atomic E-state index is 0.0482. The molecular weight excluding hydrogens is 410 g/mol. The Bertz CT molecular complexity index is 1260. The zero-order valence-corrected chi connectivity index (χ0v) is 18.5. The van der Waals surface area contributed by atoms with E-state index in [1.807, 2.05) is 25.1 Å². The summed E-state index contributed by atoms with van der Waals surface area (Å²) in [5.41, 5.74) is 2.84. The van der Waals surface area contributed by atoms with Crippen LogP contribution < -0.4 is 15.0 Å². The number of Topliss-reactive ketones (excluding diaryl/α,β-unsaturated/α-hetero) is 1. The molecule has 1 aromatic heterocycles. The van der Waals surface area contributed by atoms with E-state index in [4.69, 9.17) is 14.2 Å². The number of aryl methyl sites for hydroxylation is 1. The fourth-order valence-electron chi connectivity index (χ4n) is 3.34. The molecule has 1 heterocycles. The summed E-state index contributed by atoms with van der Waals surface area (Å²) in [5.74, 6) is -0.169. The van der Waals surface area contributed by atoms with Gasteiger partial charge in [0.25, 0.3) is 0 Å². The van der Waals surface area contributed by atoms with Gasteiger partial charge in [0.15, 0.2) is 17.3 Å². The summed E-state index contributed by atoms with van der Waals surface area (Å²) in [6.07, 6.45) is 1.46. The lowest BCUT2D eigenvalue weighted by molar-refractivity contribution is -0.139. The topological polar surface area (TPSA) is 94.7 Å². The van der Waals surface area contributed by atoms with Crippen molar-refractivity contribution in [1.29, 1.82) is 0 Å². The third-order valence-electron chi connectivity index (χ3n) is 4.93. The van der Waals surface area contributed by atoms with Crippen molar-refractivity contribution < 1.29 is 23.8 Å². The first-order valence-corrected chi connectivity index (χ1v) is 10.2. The van der Waals surface area contributed by atoms with E-state index in [0.29, 0.717) is 17.1 Å². The van der Waals surface area contributed by atoms with Gasteiger partial charge >= 0.3 is 5.97 Å². The number of H-pyrrole nitrogens is 1. The van der Waals surface area contributed by atoms with Gasteiger partial charge in [-0.05, 0) is 50.1 Å². The van der Waals surface area contributed by atoms with Crippen molar-refractivity contribution >= 4 is 28.7 Å². The molecule has 3 aromatic rings. The number of methoxy groups -OCH3 is 1. The number of esters is 1. The molecule has 0 saturated carbocycles. The Balaban J connectivity index is 1.90. The Labute approximate surface area is 185 Å². The van der Waals surface area contributed by atoms with Gasteiger partial charge in [0, 0.05) is 17.0 Å². The number of hydrogen-bond donors (Lipinski definition) is 1. The minimum atomic E-state index is -0.671. The Kier molecular flexibility index (Phi) is 7.10. The maximum atomic E-state index is 12.1. The van der Waals surface area contributed by atoms with Crippen molar-refractivity contribution in [3.63, 3.8) is 0 Å². The molecule has 0 atom stereocenters. The lowest BCUT2D eigenvalue weighted by atomic mass is 10.1. The number of aromatic nitrogens is 1. The van der Waals surface area contributed by atoms with Gasteiger partial charge in [0.2, 0.25) is 5.56 Å². The molecule has 3 rings (SSSR count). The first-order valence-electron chi connectivity index (χ1n) is 10.2. The molecule has 0 amide bonds. The highest BCUT2D eigenvalue weighted by Crippen LogP contribution is 2.30. The summed E-state index contributed by atoms with van der Waals surface area (Å²) in [6, 6.07) is 12.4. The number of para-hydroxylation sites is 1. The van der Waals surface area contributed by atoms with Crippen LogP contribution in [0.5, 0.6) is 11.5 Å². The number of ether oxygens (including phenoxy) is 3. The number of carbonyl (C=O) groups excluding carboxylic acids is 2. The third kappa shape index (κ3) is 5.06. The van der Waals surface area contributed by atoms with Gasteiger partial charge in [-0.2, -0.15) is 0 Å². The fraction of sp³-hybridized carbons (Fsp3) is 0.240. The molecule has 0 aliphatic rings. The van der Waals surface area contributed by atoms with Crippen molar-refractivity contribution in [2.24, 2.45) is 0 Å². The van der Waals surface area contributed by atoms with Gasteiger partial charge < -0.3 is 19.2 Å². The Morgan fingerprint density at radius 2 is 1.88 bits per heavy atom. The fourth-order valence-corrected chi connectivity index (χ4v) is 3.34. The lowest BCUT2D eigenvalue weighted by Crippen LogP contribution is -2.13. The molecule has 0 aliphatic heterocycles. The first-order chi connectivity index (χ1) is 15.3. The van der Waals surface area contributed by atoms with Crippen LogP contribution in [0.2, 0.25) is 0 Å². The molecule has 166 valence electrons. The Morgan fingerprint density at radius 1 is 1.09 bits per heavy atom. The van der Waals surface area contributed by atoms with Gasteiger partial charge in [-0.3, -0.25) is 9.59 Å². The van der Waals surface area contributed by atoms with Crippen LogP contribution in [0.25, 0.3) is 17.0 Å². The van der Waals surface area contributed by atoms with E-state index in [1.165, 1.54) is 26.2 Å². The number of hydrogen-bond acceptors (Lipinski definition) is 6. The maximum Gasteiger partial charge on any atom is 0.341 e. The van der Waals surface area contributed by atoms with Gasteiger partial charge in [-0.15, -0.1) is 0 Å². The zero-order valence-electron chi connectivity index (χ0n) is 18.5. The molecule has 0 unspecified atom stereocenters. The molecule has 0 radical (unpaired) electrons. The molecule has 7 nitrogen and oxygen atoms in total. The Hall–Kier alpha value is -3.87. The van der Waals surface area contributed by atoms with Crippen molar-refractivity contribution in [1.82, 2.24) is 4.98 Å². The SMILES string of the molecule is CCOC(=O)C(=Cc1ccc(OCc2cc(=O)[nH]c3c(C)cccc23)c(OC)c1)C(C)=O. The molecule has 0 fully saturated rings. The molecule has 2 aromatic carbocycles. The summed E-state index contributed by atoms with van der Waals surface area (Å²) >= 11 is 0. The molecular formula is C25H25NO6. The maximum absolute atomic E-state index is 12.1. The predicted molar refractivity (Wildman–Crippen MR) is 122 cm³/mol. The molecule has 1 N–H and O–H groups in total. The normalized spacial score (nSPS) is 11.3. The summed E-state index contributed by atoms with van der Waals surface area (Å²) in [7, 11) is 1.50. The van der Waals surface area contributed by atoms with Crippen LogP contribution in [0.4, 0.5) is 0 Å². The average Bonchev–Trinajstić information content (AvgIpc) is 2.76. The number of ketones is 1. The summed E-state index contributed by atoms with van der Waals surface area (Å²) in [5, 5.41) is 0.906. The number of rotatable bonds is 8. The van der Waals surface area contributed by atoms with Gasteiger partial charge in [0.05, 0.1) is 19.2 Å². The van der Waals surface area contributed by atoms with Crippen LogP contribution in [0.1, 0.15) is 30.5 Å². The number of aromatic amines is 1. The molecule has 32 heavy (non-hydrogen) atoms. The minimum Gasteiger partial charge on any atom is -0.493 e. The second kappa shape index (κ2) is 9.96. The summed E-state index contributed by atoms with van der Waals surface area (Å²) in [6.45, 7) is 5.26. The van der Waals surface area contributed by atoms with E-state index in [1.54, 1.807) is 25.1 Å². The monoisotopic (exact) mass is 435 g/mol. The molecule has 0 saturated heterocycles. The predicted octanol–water partition coefficient (Wildman–Crippen LogP) is 3.96. The van der Waals surface area contributed by atoms with E-state index >= 15 is 0 Å². The first kappa shape index (κ1) is 22.8. The smallest absolute Gasteiger partial charge is 0.341 e. The van der Waals surface area contributed by atoms with Crippen molar-refractivity contribution in [2.75, 3.05) is 13.7 Å². The quantitative estimate of drug-likeness (QED) is 0.249. The second-order valence-electron chi connectivity index (χ2n) is 7.19. The van der Waals surface area contributed by atoms with Gasteiger partial charge in [-0.1, -0.05) is 24.3 Å². The highest BCUT2D eigenvalue weighted by molar-refractivity contribution is 6.19. The van der Waals surface area contributed by atoms with Crippen molar-refractivity contribution in [3.05, 3.63) is 75.1 Å².